The standard InChI is InChI=1S/C21H17ClN6O4/c1-12-20(13(2)28(26-12)16-6-3-15(10-23)18(22)9-16)32-17-7-4-14(5-8-17)21(31)25-27-24-19(30)11-29/h3-9,11,27H,1-2H3,(H,24,30)(H,25,31). The maximum absolute atomic E-state index is 12.0. The summed E-state index contributed by atoms with van der Waals surface area (Å²) in [6, 6.07) is 13.3. The Morgan fingerprint density at radius 1 is 1.16 bits per heavy atom. The van der Waals surface area contributed by atoms with Crippen LogP contribution in [-0.2, 0) is 9.59 Å². The van der Waals surface area contributed by atoms with Gasteiger partial charge >= 0.3 is 0 Å². The molecule has 162 valence electrons. The molecule has 3 aromatic rings. The first kappa shape index (κ1) is 22.5. The molecule has 0 aliphatic rings. The Hall–Kier alpha value is -4.20. The van der Waals surface area contributed by atoms with E-state index in [-0.39, 0.29) is 6.29 Å². The van der Waals surface area contributed by atoms with Crippen molar-refractivity contribution < 1.29 is 19.1 Å². The molecule has 2 aromatic carbocycles. The Balaban J connectivity index is 1.73. The summed E-state index contributed by atoms with van der Waals surface area (Å²) in [5.41, 5.74) is 9.04. The molecule has 0 aliphatic carbocycles. The van der Waals surface area contributed by atoms with Gasteiger partial charge in [-0.25, -0.2) is 4.68 Å². The van der Waals surface area contributed by atoms with Crippen LogP contribution in [0.2, 0.25) is 5.02 Å². The van der Waals surface area contributed by atoms with Gasteiger partial charge in [-0.2, -0.15) is 10.4 Å². The van der Waals surface area contributed by atoms with E-state index in [1.807, 2.05) is 18.4 Å². The fourth-order valence-corrected chi connectivity index (χ4v) is 3.01. The predicted molar refractivity (Wildman–Crippen MR) is 114 cm³/mol. The number of amides is 2. The van der Waals surface area contributed by atoms with Gasteiger partial charge in [-0.1, -0.05) is 11.6 Å². The third kappa shape index (κ3) is 4.92. The van der Waals surface area contributed by atoms with Crippen LogP contribution in [0.1, 0.15) is 27.3 Å². The van der Waals surface area contributed by atoms with E-state index < -0.39 is 11.8 Å². The van der Waals surface area contributed by atoms with Gasteiger partial charge < -0.3 is 4.74 Å². The number of nitriles is 1. The zero-order valence-electron chi connectivity index (χ0n) is 17.0. The van der Waals surface area contributed by atoms with Crippen molar-refractivity contribution in [2.45, 2.75) is 13.8 Å². The minimum atomic E-state index is -0.927. The Labute approximate surface area is 187 Å². The monoisotopic (exact) mass is 452 g/mol. The first-order valence-electron chi connectivity index (χ1n) is 9.18. The van der Waals surface area contributed by atoms with Crippen LogP contribution in [0.4, 0.5) is 0 Å². The van der Waals surface area contributed by atoms with E-state index in [1.54, 1.807) is 41.9 Å². The highest BCUT2D eigenvalue weighted by Crippen LogP contribution is 2.31. The molecule has 11 heteroatoms. The number of hydrogen-bond acceptors (Lipinski definition) is 7. The molecule has 32 heavy (non-hydrogen) atoms. The summed E-state index contributed by atoms with van der Waals surface area (Å²) in [6.07, 6.45) is 0.0629. The van der Waals surface area contributed by atoms with Crippen LogP contribution in [0.25, 0.3) is 5.69 Å². The summed E-state index contributed by atoms with van der Waals surface area (Å²) in [5.74, 6) is -0.433. The minimum absolute atomic E-state index is 0.0629. The lowest BCUT2D eigenvalue weighted by Gasteiger charge is -2.09. The largest absolute Gasteiger partial charge is 0.453 e. The van der Waals surface area contributed by atoms with Crippen molar-refractivity contribution in [3.63, 3.8) is 0 Å². The van der Waals surface area contributed by atoms with Gasteiger partial charge in [-0.05, 0) is 56.3 Å². The molecule has 0 aliphatic heterocycles. The van der Waals surface area contributed by atoms with Crippen molar-refractivity contribution >= 4 is 29.7 Å². The first-order valence-corrected chi connectivity index (χ1v) is 9.56. The van der Waals surface area contributed by atoms with Gasteiger partial charge in [0.1, 0.15) is 17.5 Å². The molecule has 0 saturated carbocycles. The predicted octanol–water partition coefficient (Wildman–Crippen LogP) is 2.27. The average molecular weight is 453 g/mol. The number of rotatable bonds is 7. The summed E-state index contributed by atoms with van der Waals surface area (Å²) in [6.45, 7) is 3.63. The second-order valence-electron chi connectivity index (χ2n) is 6.50. The second-order valence-corrected chi connectivity index (χ2v) is 6.91. The molecule has 1 aromatic heterocycles. The molecule has 0 saturated heterocycles. The molecule has 1 heterocycles. The molecule has 0 spiro atoms. The Morgan fingerprint density at radius 2 is 1.88 bits per heavy atom. The topological polar surface area (TPSA) is 138 Å². The van der Waals surface area contributed by atoms with E-state index in [9.17, 15) is 14.4 Å². The van der Waals surface area contributed by atoms with Crippen molar-refractivity contribution in [2.75, 3.05) is 0 Å². The lowest BCUT2D eigenvalue weighted by atomic mass is 10.2. The number of benzene rings is 2. The third-order valence-corrected chi connectivity index (χ3v) is 4.66. The number of nitrogens with one attached hydrogen (secondary N) is 3. The van der Waals surface area contributed by atoms with Crippen molar-refractivity contribution in [2.24, 2.45) is 0 Å². The smallest absolute Gasteiger partial charge is 0.299 e. The second kappa shape index (κ2) is 9.74. The number of hydrogen-bond donors (Lipinski definition) is 3. The molecule has 0 unspecified atom stereocenters. The molecule has 10 nitrogen and oxygen atoms in total. The summed E-state index contributed by atoms with van der Waals surface area (Å²) in [4.78, 5) is 33.0. The molecule has 0 radical (unpaired) electrons. The number of ether oxygens (including phenoxy) is 1. The van der Waals surface area contributed by atoms with E-state index in [1.165, 1.54) is 12.1 Å². The van der Waals surface area contributed by atoms with Gasteiger partial charge in [0.25, 0.3) is 11.8 Å². The third-order valence-electron chi connectivity index (χ3n) is 4.35. The lowest BCUT2D eigenvalue weighted by molar-refractivity contribution is -0.132. The van der Waals surface area contributed by atoms with E-state index in [0.29, 0.717) is 39.0 Å². The highest BCUT2D eigenvalue weighted by Gasteiger charge is 2.16. The van der Waals surface area contributed by atoms with Crippen molar-refractivity contribution in [3.8, 4) is 23.3 Å². The number of carbonyl (C=O) groups excluding carboxylic acids is 3. The van der Waals surface area contributed by atoms with Gasteiger partial charge in [0.05, 0.1) is 22.0 Å². The Bertz CT molecular complexity index is 1230. The lowest BCUT2D eigenvalue weighted by Crippen LogP contribution is -2.49. The summed E-state index contributed by atoms with van der Waals surface area (Å²) < 4.78 is 7.63. The normalized spacial score (nSPS) is 10.2. The van der Waals surface area contributed by atoms with Gasteiger partial charge in [-0.15, -0.1) is 5.53 Å². The highest BCUT2D eigenvalue weighted by molar-refractivity contribution is 6.31. The molecule has 0 fully saturated rings. The van der Waals surface area contributed by atoms with E-state index >= 15 is 0 Å². The Kier molecular flexibility index (Phi) is 6.84. The van der Waals surface area contributed by atoms with Crippen LogP contribution >= 0.6 is 11.6 Å². The van der Waals surface area contributed by atoms with E-state index in [0.717, 1.165) is 5.69 Å². The quantitative estimate of drug-likeness (QED) is 0.284. The number of aldehydes is 1. The van der Waals surface area contributed by atoms with Crippen molar-refractivity contribution in [3.05, 3.63) is 70.0 Å². The maximum atomic E-state index is 12.0. The molecule has 3 N–H and O–H groups in total. The molecule has 0 bridgehead atoms. The molecular weight excluding hydrogens is 436 g/mol. The number of hydrazine groups is 2. The minimum Gasteiger partial charge on any atom is -0.453 e. The zero-order chi connectivity index (χ0) is 23.3. The van der Waals surface area contributed by atoms with Crippen LogP contribution in [0.5, 0.6) is 11.5 Å². The van der Waals surface area contributed by atoms with Crippen LogP contribution in [-0.4, -0.2) is 27.9 Å². The number of aryl methyl sites for hydroxylation is 1. The zero-order valence-corrected chi connectivity index (χ0v) is 17.7. The maximum Gasteiger partial charge on any atom is 0.299 e. The summed E-state index contributed by atoms with van der Waals surface area (Å²) >= 11 is 6.14. The molecule has 2 amide bonds. The highest BCUT2D eigenvalue weighted by atomic mass is 35.5. The van der Waals surface area contributed by atoms with Crippen LogP contribution in [0.15, 0.2) is 42.5 Å². The van der Waals surface area contributed by atoms with E-state index in [4.69, 9.17) is 21.6 Å². The molecule has 0 atom stereocenters. The summed E-state index contributed by atoms with van der Waals surface area (Å²) in [5, 5.41) is 13.9. The average Bonchev–Trinajstić information content (AvgIpc) is 3.07. The van der Waals surface area contributed by atoms with Crippen LogP contribution in [0.3, 0.4) is 0 Å². The summed E-state index contributed by atoms with van der Waals surface area (Å²) in [7, 11) is 0. The van der Waals surface area contributed by atoms with Crippen LogP contribution < -0.4 is 21.1 Å². The van der Waals surface area contributed by atoms with E-state index in [2.05, 4.69) is 16.1 Å². The number of carbonyl (C=O) groups is 3. The fraction of sp³-hybridized carbons (Fsp3) is 0.0952. The first-order chi connectivity index (χ1) is 15.3. The number of aromatic nitrogens is 2. The van der Waals surface area contributed by atoms with Crippen LogP contribution in [0, 0.1) is 25.2 Å². The SMILES string of the molecule is Cc1nn(-c2ccc(C#N)c(Cl)c2)c(C)c1Oc1ccc(C(=O)NNNC(=O)C=O)cc1. The fourth-order valence-electron chi connectivity index (χ4n) is 2.80. The van der Waals surface area contributed by atoms with Gasteiger partial charge in [0.15, 0.2) is 5.75 Å². The Morgan fingerprint density at radius 3 is 2.50 bits per heavy atom. The number of halogens is 1. The molecule has 3 rings (SSSR count). The van der Waals surface area contributed by atoms with Crippen molar-refractivity contribution in [1.82, 2.24) is 26.2 Å². The van der Waals surface area contributed by atoms with Gasteiger partial charge in [0, 0.05) is 5.56 Å². The van der Waals surface area contributed by atoms with Gasteiger partial charge in [-0.3, -0.25) is 25.2 Å². The van der Waals surface area contributed by atoms with Gasteiger partial charge in [0.2, 0.25) is 6.29 Å². The number of nitrogens with zero attached hydrogens (tertiary/aromatic N) is 3. The molecular formula is C21H17ClN6O4. The van der Waals surface area contributed by atoms with Crippen molar-refractivity contribution in [1.29, 1.82) is 5.26 Å².